The highest BCUT2D eigenvalue weighted by Crippen LogP contribution is 2.30. The number of carbonyl (C=O) groups excluding carboxylic acids is 2. The van der Waals surface area contributed by atoms with Crippen molar-refractivity contribution in [3.63, 3.8) is 0 Å². The molecule has 0 amide bonds. The number of hydrogen-bond acceptors (Lipinski definition) is 6. The van der Waals surface area contributed by atoms with Crippen molar-refractivity contribution in [1.29, 1.82) is 0 Å². The van der Waals surface area contributed by atoms with Gasteiger partial charge in [0.25, 0.3) is 0 Å². The van der Waals surface area contributed by atoms with Crippen LogP contribution in [0.2, 0.25) is 0 Å². The standard InChI is InChI=1S/C18H21F3N2O6S/c1-5-28-16(25)15-12(9-14(24)29-17(2,3)4)11-8-10(6-7-13(11)22-15)23-30(26,27)18(19,20)21/h6-8,22-23H,5,9H2,1-4H3. The van der Waals surface area contributed by atoms with Crippen LogP contribution >= 0.6 is 0 Å². The van der Waals surface area contributed by atoms with E-state index >= 15 is 0 Å². The lowest BCUT2D eigenvalue weighted by Gasteiger charge is -2.19. The van der Waals surface area contributed by atoms with Crippen molar-refractivity contribution in [2.75, 3.05) is 11.3 Å². The van der Waals surface area contributed by atoms with E-state index in [0.717, 1.165) is 12.1 Å². The Morgan fingerprint density at radius 1 is 1.17 bits per heavy atom. The third kappa shape index (κ3) is 5.43. The predicted molar refractivity (Wildman–Crippen MR) is 102 cm³/mol. The first-order chi connectivity index (χ1) is 13.6. The molecule has 0 aliphatic carbocycles. The van der Waals surface area contributed by atoms with Gasteiger partial charge in [0.05, 0.1) is 13.0 Å². The monoisotopic (exact) mass is 450 g/mol. The van der Waals surface area contributed by atoms with Gasteiger partial charge >= 0.3 is 27.5 Å². The van der Waals surface area contributed by atoms with Gasteiger partial charge in [0.2, 0.25) is 0 Å². The molecule has 0 spiro atoms. The number of aromatic nitrogens is 1. The topological polar surface area (TPSA) is 115 Å². The van der Waals surface area contributed by atoms with Crippen LogP contribution in [0, 0.1) is 0 Å². The number of benzene rings is 1. The van der Waals surface area contributed by atoms with Crippen molar-refractivity contribution in [2.24, 2.45) is 0 Å². The van der Waals surface area contributed by atoms with Crippen molar-refractivity contribution in [2.45, 2.75) is 45.2 Å². The number of H-pyrrole nitrogens is 1. The fourth-order valence-corrected chi connectivity index (χ4v) is 3.16. The van der Waals surface area contributed by atoms with Crippen molar-refractivity contribution in [1.82, 2.24) is 4.98 Å². The van der Waals surface area contributed by atoms with E-state index in [1.165, 1.54) is 10.8 Å². The molecule has 0 aliphatic rings. The van der Waals surface area contributed by atoms with Gasteiger partial charge in [0, 0.05) is 22.2 Å². The predicted octanol–water partition coefficient (Wildman–Crippen LogP) is 3.49. The summed E-state index contributed by atoms with van der Waals surface area (Å²) in [5.41, 5.74) is -6.36. The third-order valence-corrected chi connectivity index (χ3v) is 4.80. The molecule has 0 saturated carbocycles. The van der Waals surface area contributed by atoms with Gasteiger partial charge in [-0.15, -0.1) is 0 Å². The lowest BCUT2D eigenvalue weighted by atomic mass is 10.1. The molecular weight excluding hydrogens is 429 g/mol. The van der Waals surface area contributed by atoms with Crippen molar-refractivity contribution in [3.05, 3.63) is 29.5 Å². The fraction of sp³-hybridized carbons (Fsp3) is 0.444. The number of nitrogens with one attached hydrogen (secondary N) is 2. The number of ether oxygens (including phenoxy) is 2. The van der Waals surface area contributed by atoms with E-state index in [2.05, 4.69) is 4.98 Å². The second-order valence-corrected chi connectivity index (χ2v) is 8.95. The molecule has 1 aromatic carbocycles. The van der Waals surface area contributed by atoms with Crippen molar-refractivity contribution >= 4 is 38.6 Å². The third-order valence-electron chi connectivity index (χ3n) is 3.68. The van der Waals surface area contributed by atoms with E-state index in [1.54, 1.807) is 27.7 Å². The van der Waals surface area contributed by atoms with E-state index < -0.39 is 33.1 Å². The molecule has 0 unspecified atom stereocenters. The fourth-order valence-electron chi connectivity index (χ4n) is 2.61. The van der Waals surface area contributed by atoms with E-state index in [1.807, 2.05) is 0 Å². The summed E-state index contributed by atoms with van der Waals surface area (Å²) in [5, 5.41) is 0.172. The first kappa shape index (κ1) is 23.5. The second kappa shape index (κ2) is 8.17. The number of fused-ring (bicyclic) bond motifs is 1. The Morgan fingerprint density at radius 2 is 1.80 bits per heavy atom. The normalized spacial score (nSPS) is 12.6. The Balaban J connectivity index is 2.54. The average Bonchev–Trinajstić information content (AvgIpc) is 2.90. The average molecular weight is 450 g/mol. The van der Waals surface area contributed by atoms with Crippen LogP contribution in [-0.4, -0.2) is 43.1 Å². The Bertz CT molecular complexity index is 1070. The number of anilines is 1. The molecule has 2 aromatic rings. The highest BCUT2D eigenvalue weighted by Gasteiger charge is 2.46. The van der Waals surface area contributed by atoms with E-state index in [9.17, 15) is 31.2 Å². The number of sulfonamides is 1. The molecule has 30 heavy (non-hydrogen) atoms. The first-order valence-electron chi connectivity index (χ1n) is 8.77. The minimum absolute atomic E-state index is 0.0523. The number of carbonyl (C=O) groups is 2. The number of rotatable bonds is 6. The number of alkyl halides is 3. The van der Waals surface area contributed by atoms with Gasteiger partial charge in [-0.2, -0.15) is 21.6 Å². The summed E-state index contributed by atoms with van der Waals surface area (Å²) >= 11 is 0. The summed E-state index contributed by atoms with van der Waals surface area (Å²) < 4.78 is 72.4. The lowest BCUT2D eigenvalue weighted by Crippen LogP contribution is -2.29. The summed E-state index contributed by atoms with van der Waals surface area (Å²) in [6.45, 7) is 6.58. The number of esters is 2. The first-order valence-corrected chi connectivity index (χ1v) is 10.3. The molecule has 0 atom stereocenters. The smallest absolute Gasteiger partial charge is 0.461 e. The summed E-state index contributed by atoms with van der Waals surface area (Å²) in [5.74, 6) is -1.46. The maximum absolute atomic E-state index is 12.7. The molecule has 1 aromatic heterocycles. The zero-order chi connectivity index (χ0) is 22.9. The minimum Gasteiger partial charge on any atom is -0.461 e. The van der Waals surface area contributed by atoms with Crippen LogP contribution in [0.1, 0.15) is 43.7 Å². The molecule has 0 radical (unpaired) electrons. The molecule has 0 fully saturated rings. The zero-order valence-corrected chi connectivity index (χ0v) is 17.5. The molecule has 0 bridgehead atoms. The maximum atomic E-state index is 12.7. The van der Waals surface area contributed by atoms with Gasteiger partial charge < -0.3 is 14.5 Å². The Hall–Kier alpha value is -2.76. The molecule has 0 saturated heterocycles. The highest BCUT2D eigenvalue weighted by atomic mass is 32.2. The van der Waals surface area contributed by atoms with Gasteiger partial charge in [-0.05, 0) is 45.9 Å². The summed E-state index contributed by atoms with van der Waals surface area (Å²) in [4.78, 5) is 27.3. The highest BCUT2D eigenvalue weighted by molar-refractivity contribution is 7.93. The lowest BCUT2D eigenvalue weighted by molar-refractivity contribution is -0.153. The number of hydrogen-bond donors (Lipinski definition) is 2. The molecule has 2 N–H and O–H groups in total. The van der Waals surface area contributed by atoms with E-state index in [-0.39, 0.29) is 35.4 Å². The van der Waals surface area contributed by atoms with Gasteiger partial charge in [0.15, 0.2) is 0 Å². The maximum Gasteiger partial charge on any atom is 0.516 e. The number of aromatic amines is 1. The van der Waals surface area contributed by atoms with Crippen LogP contribution < -0.4 is 4.72 Å². The summed E-state index contributed by atoms with van der Waals surface area (Å²) in [6, 6.07) is 3.47. The molecule has 1 heterocycles. The summed E-state index contributed by atoms with van der Waals surface area (Å²) in [6.07, 6.45) is -0.388. The largest absolute Gasteiger partial charge is 0.516 e. The van der Waals surface area contributed by atoms with Crippen LogP contribution in [0.3, 0.4) is 0 Å². The van der Waals surface area contributed by atoms with Crippen molar-refractivity contribution in [3.8, 4) is 0 Å². The Morgan fingerprint density at radius 3 is 2.33 bits per heavy atom. The van der Waals surface area contributed by atoms with Gasteiger partial charge in [-0.1, -0.05) is 0 Å². The molecule has 0 aliphatic heterocycles. The van der Waals surface area contributed by atoms with Gasteiger partial charge in [0.1, 0.15) is 11.3 Å². The van der Waals surface area contributed by atoms with Gasteiger partial charge in [-0.3, -0.25) is 9.52 Å². The van der Waals surface area contributed by atoms with Crippen molar-refractivity contribution < 1.29 is 40.7 Å². The Labute approximate surface area is 170 Å². The van der Waals surface area contributed by atoms with Gasteiger partial charge in [-0.25, -0.2) is 4.79 Å². The quantitative estimate of drug-likeness (QED) is 0.651. The van der Waals surface area contributed by atoms with E-state index in [4.69, 9.17) is 9.47 Å². The Kier molecular flexibility index (Phi) is 6.40. The molecule has 8 nitrogen and oxygen atoms in total. The molecule has 166 valence electrons. The van der Waals surface area contributed by atoms with Crippen LogP contribution in [0.5, 0.6) is 0 Å². The minimum atomic E-state index is -5.64. The molecule has 12 heteroatoms. The number of halogens is 3. The zero-order valence-electron chi connectivity index (χ0n) is 16.6. The summed E-state index contributed by atoms with van der Waals surface area (Å²) in [7, 11) is -5.64. The van der Waals surface area contributed by atoms with Crippen LogP contribution in [0.15, 0.2) is 18.2 Å². The van der Waals surface area contributed by atoms with Crippen LogP contribution in [0.25, 0.3) is 10.9 Å². The SMILES string of the molecule is CCOC(=O)c1[nH]c2ccc(NS(=O)(=O)C(F)(F)F)cc2c1CC(=O)OC(C)(C)C. The van der Waals surface area contributed by atoms with E-state index in [0.29, 0.717) is 5.52 Å². The van der Waals surface area contributed by atoms with Crippen LogP contribution in [0.4, 0.5) is 18.9 Å². The second-order valence-electron chi connectivity index (χ2n) is 7.27. The molecular formula is C18H21F3N2O6S. The van der Waals surface area contributed by atoms with Crippen LogP contribution in [-0.2, 0) is 30.7 Å². The molecule has 2 rings (SSSR count).